The molecule has 26 heavy (non-hydrogen) atoms. The van der Waals surface area contributed by atoms with Crippen LogP contribution in [0.15, 0.2) is 60.1 Å². The summed E-state index contributed by atoms with van der Waals surface area (Å²) in [4.78, 5) is 4.58. The second-order valence-electron chi connectivity index (χ2n) is 5.31. The highest BCUT2D eigenvalue weighted by molar-refractivity contribution is 7.11. The van der Waals surface area contributed by atoms with Crippen molar-refractivity contribution in [3.05, 3.63) is 65.1 Å². The number of rotatable bonds is 6. The number of nitrogens with zero attached hydrogens (tertiary/aromatic N) is 2. The van der Waals surface area contributed by atoms with Crippen LogP contribution in [0.2, 0.25) is 0 Å². The number of ether oxygens (including phenoxy) is 2. The van der Waals surface area contributed by atoms with Gasteiger partial charge in [0.15, 0.2) is 0 Å². The Bertz CT molecular complexity index is 956. The standard InChI is InChI=1S/C20H17N3O2S/c1-24-17-8-6-16(7-9-17)22-12-15(11-21)20-23-19(13-26-20)14-4-3-5-18(10-14)25-2/h3-10,12-13,22H,1-2H3/b15-12+. The van der Waals surface area contributed by atoms with Crippen LogP contribution in [0.5, 0.6) is 11.5 Å². The van der Waals surface area contributed by atoms with E-state index in [0.717, 1.165) is 28.4 Å². The third-order valence-electron chi connectivity index (χ3n) is 3.69. The normalized spacial score (nSPS) is 10.9. The van der Waals surface area contributed by atoms with Gasteiger partial charge in [0.1, 0.15) is 28.1 Å². The van der Waals surface area contributed by atoms with Crippen LogP contribution in [0.4, 0.5) is 5.69 Å². The first-order valence-electron chi connectivity index (χ1n) is 7.84. The molecule has 0 aliphatic heterocycles. The monoisotopic (exact) mass is 363 g/mol. The first-order valence-corrected chi connectivity index (χ1v) is 8.72. The zero-order valence-corrected chi connectivity index (χ0v) is 15.2. The molecule has 0 saturated heterocycles. The molecular formula is C20H17N3O2S. The van der Waals surface area contributed by atoms with Gasteiger partial charge in [-0.25, -0.2) is 4.98 Å². The lowest BCUT2D eigenvalue weighted by Crippen LogP contribution is -1.91. The van der Waals surface area contributed by atoms with Crippen molar-refractivity contribution in [2.24, 2.45) is 0 Å². The summed E-state index contributed by atoms with van der Waals surface area (Å²) in [5.41, 5.74) is 3.10. The van der Waals surface area contributed by atoms with Crippen LogP contribution < -0.4 is 14.8 Å². The highest BCUT2D eigenvalue weighted by Gasteiger charge is 2.09. The molecule has 0 fully saturated rings. The fourth-order valence-corrected chi connectivity index (χ4v) is 3.09. The molecule has 0 amide bonds. The molecule has 0 radical (unpaired) electrons. The lowest BCUT2D eigenvalue weighted by molar-refractivity contribution is 0.415. The number of nitriles is 1. The highest BCUT2D eigenvalue weighted by atomic mass is 32.1. The summed E-state index contributed by atoms with van der Waals surface area (Å²) < 4.78 is 10.4. The molecule has 6 heteroatoms. The molecule has 1 N–H and O–H groups in total. The predicted octanol–water partition coefficient (Wildman–Crippen LogP) is 4.80. The van der Waals surface area contributed by atoms with E-state index in [1.165, 1.54) is 11.3 Å². The number of nitrogens with one attached hydrogen (secondary N) is 1. The minimum absolute atomic E-state index is 0.472. The Morgan fingerprint density at radius 2 is 1.88 bits per heavy atom. The lowest BCUT2D eigenvalue weighted by Gasteiger charge is -2.03. The van der Waals surface area contributed by atoms with Gasteiger partial charge in [0, 0.05) is 22.8 Å². The molecule has 0 bridgehead atoms. The fourth-order valence-electron chi connectivity index (χ4n) is 2.30. The van der Waals surface area contributed by atoms with Crippen LogP contribution in [0, 0.1) is 11.3 Å². The van der Waals surface area contributed by atoms with E-state index in [2.05, 4.69) is 16.4 Å². The topological polar surface area (TPSA) is 67.2 Å². The third-order valence-corrected chi connectivity index (χ3v) is 4.57. The predicted molar refractivity (Wildman–Crippen MR) is 104 cm³/mol. The van der Waals surface area contributed by atoms with Crippen molar-refractivity contribution in [2.75, 3.05) is 19.5 Å². The van der Waals surface area contributed by atoms with Crippen molar-refractivity contribution in [3.8, 4) is 28.8 Å². The van der Waals surface area contributed by atoms with Gasteiger partial charge in [-0.1, -0.05) is 12.1 Å². The van der Waals surface area contributed by atoms with E-state index < -0.39 is 0 Å². The van der Waals surface area contributed by atoms with E-state index in [0.29, 0.717) is 10.6 Å². The fraction of sp³-hybridized carbons (Fsp3) is 0.100. The number of aromatic nitrogens is 1. The number of hydrogen-bond donors (Lipinski definition) is 1. The van der Waals surface area contributed by atoms with Gasteiger partial charge in [0.05, 0.1) is 19.9 Å². The van der Waals surface area contributed by atoms with Crippen molar-refractivity contribution in [3.63, 3.8) is 0 Å². The van der Waals surface area contributed by atoms with E-state index >= 15 is 0 Å². The number of thiazole rings is 1. The molecular weight excluding hydrogens is 346 g/mol. The van der Waals surface area contributed by atoms with Crippen LogP contribution in [0.3, 0.4) is 0 Å². The summed E-state index contributed by atoms with van der Waals surface area (Å²) in [6.45, 7) is 0. The average molecular weight is 363 g/mol. The smallest absolute Gasteiger partial charge is 0.136 e. The molecule has 0 aliphatic rings. The number of anilines is 1. The largest absolute Gasteiger partial charge is 0.497 e. The van der Waals surface area contributed by atoms with Crippen LogP contribution >= 0.6 is 11.3 Å². The number of methoxy groups -OCH3 is 2. The summed E-state index contributed by atoms with van der Waals surface area (Å²) in [5, 5.41) is 15.2. The van der Waals surface area contributed by atoms with E-state index in [9.17, 15) is 5.26 Å². The van der Waals surface area contributed by atoms with Gasteiger partial charge < -0.3 is 14.8 Å². The summed E-state index contributed by atoms with van der Waals surface area (Å²) in [5.74, 6) is 1.55. The number of benzene rings is 2. The van der Waals surface area contributed by atoms with Gasteiger partial charge in [-0.2, -0.15) is 5.26 Å². The van der Waals surface area contributed by atoms with Gasteiger partial charge >= 0.3 is 0 Å². The van der Waals surface area contributed by atoms with Crippen LogP contribution in [0.25, 0.3) is 16.8 Å². The molecule has 3 aromatic rings. The molecule has 0 atom stereocenters. The highest BCUT2D eigenvalue weighted by Crippen LogP contribution is 2.28. The number of allylic oxidation sites excluding steroid dienone is 1. The quantitative estimate of drug-likeness (QED) is 0.637. The molecule has 5 nitrogen and oxygen atoms in total. The Balaban J connectivity index is 1.80. The van der Waals surface area contributed by atoms with Crippen molar-refractivity contribution in [1.82, 2.24) is 4.98 Å². The Hall–Kier alpha value is -3.30. The lowest BCUT2D eigenvalue weighted by atomic mass is 10.1. The van der Waals surface area contributed by atoms with Crippen molar-refractivity contribution >= 4 is 22.6 Å². The van der Waals surface area contributed by atoms with E-state index in [1.54, 1.807) is 20.4 Å². The maximum atomic E-state index is 9.47. The Labute approximate surface area is 156 Å². The molecule has 0 aliphatic carbocycles. The molecule has 130 valence electrons. The van der Waals surface area contributed by atoms with Crippen molar-refractivity contribution in [1.29, 1.82) is 5.26 Å². The second-order valence-corrected chi connectivity index (χ2v) is 6.17. The molecule has 0 saturated carbocycles. The molecule has 0 spiro atoms. The van der Waals surface area contributed by atoms with Crippen molar-refractivity contribution in [2.45, 2.75) is 0 Å². The van der Waals surface area contributed by atoms with Gasteiger partial charge in [-0.05, 0) is 36.4 Å². The minimum atomic E-state index is 0.472. The summed E-state index contributed by atoms with van der Waals surface area (Å²) >= 11 is 1.43. The Kier molecular flexibility index (Phi) is 5.52. The summed E-state index contributed by atoms with van der Waals surface area (Å²) in [6, 6.07) is 17.4. The van der Waals surface area contributed by atoms with Crippen LogP contribution in [-0.2, 0) is 0 Å². The second kappa shape index (κ2) is 8.19. The van der Waals surface area contributed by atoms with E-state index in [4.69, 9.17) is 9.47 Å². The SMILES string of the molecule is COc1ccc(N/C=C(\C#N)c2nc(-c3cccc(OC)c3)cs2)cc1. The molecule has 1 heterocycles. The Morgan fingerprint density at radius 3 is 2.58 bits per heavy atom. The van der Waals surface area contributed by atoms with Gasteiger partial charge in [-0.15, -0.1) is 11.3 Å². The first kappa shape index (κ1) is 17.5. The van der Waals surface area contributed by atoms with E-state index in [1.807, 2.05) is 53.9 Å². The average Bonchev–Trinajstić information content (AvgIpc) is 3.19. The van der Waals surface area contributed by atoms with Crippen molar-refractivity contribution < 1.29 is 9.47 Å². The van der Waals surface area contributed by atoms with E-state index in [-0.39, 0.29) is 0 Å². The summed E-state index contributed by atoms with van der Waals surface area (Å²) in [6.07, 6.45) is 1.66. The minimum Gasteiger partial charge on any atom is -0.497 e. The van der Waals surface area contributed by atoms with Crippen LogP contribution in [-0.4, -0.2) is 19.2 Å². The summed E-state index contributed by atoms with van der Waals surface area (Å²) in [7, 11) is 3.26. The van der Waals surface area contributed by atoms with Gasteiger partial charge in [0.2, 0.25) is 0 Å². The maximum Gasteiger partial charge on any atom is 0.136 e. The molecule has 3 rings (SSSR count). The first-order chi connectivity index (χ1) is 12.7. The molecule has 1 aromatic heterocycles. The third kappa shape index (κ3) is 4.02. The number of hydrogen-bond acceptors (Lipinski definition) is 6. The zero-order chi connectivity index (χ0) is 18.4. The molecule has 0 unspecified atom stereocenters. The maximum absolute atomic E-state index is 9.47. The molecule has 2 aromatic carbocycles. The van der Waals surface area contributed by atoms with Crippen LogP contribution in [0.1, 0.15) is 5.01 Å². The Morgan fingerprint density at radius 1 is 1.12 bits per heavy atom. The van der Waals surface area contributed by atoms with Gasteiger partial charge in [0.25, 0.3) is 0 Å². The zero-order valence-electron chi connectivity index (χ0n) is 14.4. The van der Waals surface area contributed by atoms with Gasteiger partial charge in [-0.3, -0.25) is 0 Å².